The van der Waals surface area contributed by atoms with Crippen LogP contribution in [0.3, 0.4) is 0 Å². The van der Waals surface area contributed by atoms with Crippen LogP contribution < -0.4 is 10.6 Å². The molecule has 0 radical (unpaired) electrons. The highest BCUT2D eigenvalue weighted by molar-refractivity contribution is 5.94. The molecule has 2 aliphatic heterocycles. The average Bonchev–Trinajstić information content (AvgIpc) is 3.11. The molecule has 2 amide bonds. The van der Waals surface area contributed by atoms with Crippen molar-refractivity contribution in [1.82, 2.24) is 15.5 Å². The molecule has 2 aromatic rings. The van der Waals surface area contributed by atoms with E-state index in [0.717, 1.165) is 37.1 Å². The fourth-order valence-electron chi connectivity index (χ4n) is 4.91. The Morgan fingerprint density at radius 1 is 1.19 bits per heavy atom. The topological polar surface area (TPSA) is 61.4 Å². The van der Waals surface area contributed by atoms with E-state index in [1.54, 1.807) is 12.1 Å². The summed E-state index contributed by atoms with van der Waals surface area (Å²) in [6.45, 7) is 4.83. The first-order chi connectivity index (χ1) is 15.5. The van der Waals surface area contributed by atoms with Crippen molar-refractivity contribution in [3.8, 4) is 11.8 Å². The largest absolute Gasteiger partial charge is 0.355 e. The standard InChI is InChI=1S/C26H28FN3O2/c1-19(29-24(31)12-7-20-5-3-2-4-6-20)18-30-15-13-26(14-16-30)23(17-28-25(26)32)21-8-10-22(27)11-9-21/h2-6,8-11,19,23H,13-18H2,1H3,(H,28,32)(H,29,31)/t19-,23+/m0/s1. The summed E-state index contributed by atoms with van der Waals surface area (Å²) >= 11 is 0. The van der Waals surface area contributed by atoms with Crippen LogP contribution in [0.25, 0.3) is 0 Å². The van der Waals surface area contributed by atoms with Gasteiger partial charge in [-0.05, 0) is 62.7 Å². The zero-order chi connectivity index (χ0) is 22.6. The maximum absolute atomic E-state index is 13.4. The summed E-state index contributed by atoms with van der Waals surface area (Å²) in [5.41, 5.74) is 1.38. The van der Waals surface area contributed by atoms with Gasteiger partial charge >= 0.3 is 0 Å². The Hall–Kier alpha value is -3.17. The highest BCUT2D eigenvalue weighted by atomic mass is 19.1. The highest BCUT2D eigenvalue weighted by Crippen LogP contribution is 2.47. The Morgan fingerprint density at radius 2 is 1.88 bits per heavy atom. The first kappa shape index (κ1) is 22.0. The van der Waals surface area contributed by atoms with Crippen LogP contribution in [-0.4, -0.2) is 48.9 Å². The Kier molecular flexibility index (Phi) is 6.57. The predicted molar refractivity (Wildman–Crippen MR) is 121 cm³/mol. The summed E-state index contributed by atoms with van der Waals surface area (Å²) in [6, 6.07) is 15.9. The summed E-state index contributed by atoms with van der Waals surface area (Å²) < 4.78 is 13.4. The van der Waals surface area contributed by atoms with Crippen molar-refractivity contribution in [1.29, 1.82) is 0 Å². The van der Waals surface area contributed by atoms with Gasteiger partial charge in [0.05, 0.1) is 5.41 Å². The van der Waals surface area contributed by atoms with E-state index in [9.17, 15) is 14.0 Å². The predicted octanol–water partition coefficient (Wildman–Crippen LogP) is 2.68. The van der Waals surface area contributed by atoms with Gasteiger partial charge in [-0.1, -0.05) is 36.3 Å². The Balaban J connectivity index is 1.32. The Bertz CT molecular complexity index is 1020. The summed E-state index contributed by atoms with van der Waals surface area (Å²) in [7, 11) is 0. The van der Waals surface area contributed by atoms with Crippen molar-refractivity contribution in [2.75, 3.05) is 26.2 Å². The lowest BCUT2D eigenvalue weighted by atomic mass is 9.68. The van der Waals surface area contributed by atoms with Crippen molar-refractivity contribution in [2.24, 2.45) is 5.41 Å². The molecule has 5 nitrogen and oxygen atoms in total. The number of benzene rings is 2. The quantitative estimate of drug-likeness (QED) is 0.729. The molecular weight excluding hydrogens is 405 g/mol. The summed E-state index contributed by atoms with van der Waals surface area (Å²) in [5.74, 6) is 5.12. The second-order valence-electron chi connectivity index (χ2n) is 8.76. The third-order valence-electron chi connectivity index (χ3n) is 6.61. The molecule has 0 saturated carbocycles. The molecule has 2 aromatic carbocycles. The molecule has 0 aliphatic carbocycles. The summed E-state index contributed by atoms with van der Waals surface area (Å²) in [6.07, 6.45) is 1.49. The minimum atomic E-state index is -0.442. The van der Waals surface area contributed by atoms with E-state index in [0.29, 0.717) is 13.1 Å². The van der Waals surface area contributed by atoms with Crippen LogP contribution in [0.1, 0.15) is 36.8 Å². The second-order valence-corrected chi connectivity index (χ2v) is 8.76. The lowest BCUT2D eigenvalue weighted by Gasteiger charge is -2.41. The van der Waals surface area contributed by atoms with Crippen molar-refractivity contribution >= 4 is 11.8 Å². The molecule has 166 valence electrons. The van der Waals surface area contributed by atoms with Gasteiger partial charge in [-0.2, -0.15) is 0 Å². The van der Waals surface area contributed by atoms with Crippen LogP contribution in [0.5, 0.6) is 0 Å². The van der Waals surface area contributed by atoms with Gasteiger partial charge in [0.25, 0.3) is 5.91 Å². The van der Waals surface area contributed by atoms with Crippen molar-refractivity contribution in [3.63, 3.8) is 0 Å². The maximum Gasteiger partial charge on any atom is 0.296 e. The van der Waals surface area contributed by atoms with Gasteiger partial charge < -0.3 is 15.5 Å². The molecule has 2 N–H and O–H groups in total. The van der Waals surface area contributed by atoms with Crippen molar-refractivity contribution < 1.29 is 14.0 Å². The molecule has 0 unspecified atom stereocenters. The number of carbonyl (C=O) groups excluding carboxylic acids is 2. The van der Waals surface area contributed by atoms with E-state index < -0.39 is 5.41 Å². The monoisotopic (exact) mass is 433 g/mol. The first-order valence-corrected chi connectivity index (χ1v) is 11.1. The molecular formula is C26H28FN3O2. The zero-order valence-corrected chi connectivity index (χ0v) is 18.2. The number of amides is 2. The molecule has 2 saturated heterocycles. The molecule has 2 heterocycles. The number of hydrogen-bond donors (Lipinski definition) is 2. The van der Waals surface area contributed by atoms with Gasteiger partial charge in [-0.25, -0.2) is 4.39 Å². The smallest absolute Gasteiger partial charge is 0.296 e. The number of carbonyl (C=O) groups is 2. The Labute approximate surface area is 188 Å². The van der Waals surface area contributed by atoms with E-state index >= 15 is 0 Å². The van der Waals surface area contributed by atoms with Gasteiger partial charge in [-0.15, -0.1) is 0 Å². The second kappa shape index (κ2) is 9.54. The van der Waals surface area contributed by atoms with Crippen molar-refractivity contribution in [2.45, 2.75) is 31.7 Å². The molecule has 4 rings (SSSR count). The van der Waals surface area contributed by atoms with Crippen LogP contribution in [0, 0.1) is 23.1 Å². The number of nitrogens with one attached hydrogen (secondary N) is 2. The van der Waals surface area contributed by atoms with Gasteiger partial charge in [0.15, 0.2) is 0 Å². The van der Waals surface area contributed by atoms with Crippen LogP contribution >= 0.6 is 0 Å². The van der Waals surface area contributed by atoms with E-state index in [2.05, 4.69) is 27.4 Å². The minimum Gasteiger partial charge on any atom is -0.355 e. The van der Waals surface area contributed by atoms with E-state index in [1.165, 1.54) is 12.1 Å². The lowest BCUT2D eigenvalue weighted by Crippen LogP contribution is -2.49. The average molecular weight is 434 g/mol. The molecule has 2 aliphatic rings. The number of likely N-dealkylation sites (tertiary alicyclic amines) is 1. The number of rotatable bonds is 4. The van der Waals surface area contributed by atoms with Gasteiger partial charge in [0, 0.05) is 36.5 Å². The number of piperidine rings is 1. The molecule has 0 bridgehead atoms. The third kappa shape index (κ3) is 4.84. The van der Waals surface area contributed by atoms with Gasteiger partial charge in [0.1, 0.15) is 5.82 Å². The van der Waals surface area contributed by atoms with Crippen LogP contribution in [0.4, 0.5) is 4.39 Å². The Morgan fingerprint density at radius 3 is 2.56 bits per heavy atom. The van der Waals surface area contributed by atoms with Crippen LogP contribution in [-0.2, 0) is 9.59 Å². The molecule has 32 heavy (non-hydrogen) atoms. The van der Waals surface area contributed by atoms with Crippen LogP contribution in [0.2, 0.25) is 0 Å². The van der Waals surface area contributed by atoms with Gasteiger partial charge in [0.2, 0.25) is 5.91 Å². The van der Waals surface area contributed by atoms with Crippen molar-refractivity contribution in [3.05, 3.63) is 71.5 Å². The van der Waals surface area contributed by atoms with E-state index in [1.807, 2.05) is 37.3 Å². The lowest BCUT2D eigenvalue weighted by molar-refractivity contribution is -0.130. The summed E-state index contributed by atoms with van der Waals surface area (Å²) in [4.78, 5) is 27.2. The highest BCUT2D eigenvalue weighted by Gasteiger charge is 2.51. The molecule has 1 spiro atoms. The van der Waals surface area contributed by atoms with Crippen LogP contribution in [0.15, 0.2) is 54.6 Å². The van der Waals surface area contributed by atoms with E-state index in [4.69, 9.17) is 0 Å². The zero-order valence-electron chi connectivity index (χ0n) is 18.2. The molecule has 6 heteroatoms. The normalized spacial score (nSPS) is 20.8. The number of halogens is 1. The summed E-state index contributed by atoms with van der Waals surface area (Å²) in [5, 5.41) is 5.97. The molecule has 2 fully saturated rings. The number of hydrogen-bond acceptors (Lipinski definition) is 3. The maximum atomic E-state index is 13.4. The molecule has 2 atom stereocenters. The number of nitrogens with zero attached hydrogens (tertiary/aromatic N) is 1. The van der Waals surface area contributed by atoms with Gasteiger partial charge in [-0.3, -0.25) is 9.59 Å². The molecule has 0 aromatic heterocycles. The fraction of sp³-hybridized carbons (Fsp3) is 0.385. The first-order valence-electron chi connectivity index (χ1n) is 11.1. The minimum absolute atomic E-state index is 0.0491. The third-order valence-corrected chi connectivity index (χ3v) is 6.61. The SMILES string of the molecule is C[C@@H](CN1CCC2(CC1)C(=O)NC[C@@H]2c1ccc(F)cc1)NC(=O)C#Cc1ccccc1. The fourth-order valence-corrected chi connectivity index (χ4v) is 4.91. The van der Waals surface area contributed by atoms with E-state index in [-0.39, 0.29) is 29.6 Å².